The van der Waals surface area contributed by atoms with E-state index in [2.05, 4.69) is 36.1 Å². The maximum absolute atomic E-state index is 12.7. The fourth-order valence-electron chi connectivity index (χ4n) is 3.81. The summed E-state index contributed by atoms with van der Waals surface area (Å²) in [5.41, 5.74) is 3.29. The molecular weight excluding hydrogens is 352 g/mol. The van der Waals surface area contributed by atoms with Gasteiger partial charge in [-0.1, -0.05) is 24.3 Å². The van der Waals surface area contributed by atoms with E-state index in [1.807, 2.05) is 4.90 Å². The zero-order valence-corrected chi connectivity index (χ0v) is 17.2. The summed E-state index contributed by atoms with van der Waals surface area (Å²) in [7, 11) is 0. The first-order valence-electron chi connectivity index (χ1n) is 10.1. The third-order valence-corrected chi connectivity index (χ3v) is 5.53. The molecule has 0 saturated carbocycles. The third-order valence-electron chi connectivity index (χ3n) is 5.53. The summed E-state index contributed by atoms with van der Waals surface area (Å²) in [6.07, 6.45) is 1.95. The second-order valence-corrected chi connectivity index (χ2v) is 7.68. The number of hydrogen-bond donors (Lipinski definition) is 0. The highest BCUT2D eigenvalue weighted by Gasteiger charge is 2.20. The van der Waals surface area contributed by atoms with Crippen LogP contribution in [0.4, 0.5) is 0 Å². The van der Waals surface area contributed by atoms with Crippen molar-refractivity contribution in [2.24, 2.45) is 0 Å². The van der Waals surface area contributed by atoms with Gasteiger partial charge in [-0.3, -0.25) is 14.5 Å². The molecule has 3 rings (SSSR count). The van der Waals surface area contributed by atoms with Gasteiger partial charge >= 0.3 is 0 Å². The van der Waals surface area contributed by atoms with E-state index in [1.54, 1.807) is 13.0 Å². The Morgan fingerprint density at radius 2 is 1.86 bits per heavy atom. The normalized spacial score (nSPS) is 15.5. The lowest BCUT2D eigenvalue weighted by Crippen LogP contribution is -2.35. The molecule has 1 fully saturated rings. The summed E-state index contributed by atoms with van der Waals surface area (Å²) in [6, 6.07) is 10.3. The minimum Gasteiger partial charge on any atom is -0.466 e. The SMILES string of the molecule is CC(=O)c1cc(CCC(=O)N2CCCN(Cc3ccccc3C)CC2)oc1C. The second kappa shape index (κ2) is 9.20. The number of ketones is 1. The second-order valence-electron chi connectivity index (χ2n) is 7.68. The molecule has 1 saturated heterocycles. The molecule has 0 aliphatic carbocycles. The van der Waals surface area contributed by atoms with Crippen molar-refractivity contribution in [2.45, 2.75) is 46.6 Å². The van der Waals surface area contributed by atoms with Crippen LogP contribution < -0.4 is 0 Å². The number of carbonyl (C=O) groups is 2. The average Bonchev–Trinajstić information content (AvgIpc) is 2.89. The molecule has 28 heavy (non-hydrogen) atoms. The largest absolute Gasteiger partial charge is 0.466 e. The minimum absolute atomic E-state index is 0.0000823. The predicted octanol–water partition coefficient (Wildman–Crippen LogP) is 3.77. The summed E-state index contributed by atoms with van der Waals surface area (Å²) < 4.78 is 5.63. The smallest absolute Gasteiger partial charge is 0.223 e. The van der Waals surface area contributed by atoms with E-state index < -0.39 is 0 Å². The van der Waals surface area contributed by atoms with E-state index in [0.29, 0.717) is 29.9 Å². The predicted molar refractivity (Wildman–Crippen MR) is 109 cm³/mol. The number of aryl methyl sites for hydroxylation is 3. The number of hydrogen-bond acceptors (Lipinski definition) is 4. The lowest BCUT2D eigenvalue weighted by molar-refractivity contribution is -0.131. The highest BCUT2D eigenvalue weighted by molar-refractivity contribution is 5.95. The van der Waals surface area contributed by atoms with Gasteiger partial charge in [0.15, 0.2) is 5.78 Å². The van der Waals surface area contributed by atoms with Crippen molar-refractivity contribution in [2.75, 3.05) is 26.2 Å². The highest BCUT2D eigenvalue weighted by Crippen LogP contribution is 2.18. The van der Waals surface area contributed by atoms with Crippen molar-refractivity contribution >= 4 is 11.7 Å². The fraction of sp³-hybridized carbons (Fsp3) is 0.478. The average molecular weight is 383 g/mol. The van der Waals surface area contributed by atoms with Gasteiger partial charge in [-0.05, 0) is 44.4 Å². The van der Waals surface area contributed by atoms with Gasteiger partial charge in [0.2, 0.25) is 5.91 Å². The molecule has 0 bridgehead atoms. The molecular formula is C23H30N2O3. The molecule has 150 valence electrons. The molecule has 0 atom stereocenters. The van der Waals surface area contributed by atoms with Gasteiger partial charge in [0.05, 0.1) is 5.56 Å². The van der Waals surface area contributed by atoms with Crippen molar-refractivity contribution in [3.05, 3.63) is 58.5 Å². The molecule has 0 spiro atoms. The molecule has 0 radical (unpaired) electrons. The van der Waals surface area contributed by atoms with Crippen LogP contribution in [0.2, 0.25) is 0 Å². The van der Waals surface area contributed by atoms with Crippen LogP contribution in [-0.4, -0.2) is 47.7 Å². The molecule has 5 heteroatoms. The maximum Gasteiger partial charge on any atom is 0.223 e. The van der Waals surface area contributed by atoms with E-state index in [1.165, 1.54) is 18.1 Å². The first kappa shape index (κ1) is 20.3. The Morgan fingerprint density at radius 3 is 2.57 bits per heavy atom. The van der Waals surface area contributed by atoms with E-state index >= 15 is 0 Å². The Labute approximate surface area is 167 Å². The van der Waals surface area contributed by atoms with E-state index in [4.69, 9.17) is 4.42 Å². The Kier molecular flexibility index (Phi) is 6.68. The van der Waals surface area contributed by atoms with Crippen molar-refractivity contribution in [1.82, 2.24) is 9.80 Å². The number of amides is 1. The van der Waals surface area contributed by atoms with Crippen LogP contribution in [0.5, 0.6) is 0 Å². The van der Waals surface area contributed by atoms with Gasteiger partial charge in [-0.15, -0.1) is 0 Å². The zero-order chi connectivity index (χ0) is 20.1. The number of Topliss-reactive ketones (excluding diaryl/α,β-unsaturated/α-hetero) is 1. The lowest BCUT2D eigenvalue weighted by atomic mass is 10.1. The zero-order valence-electron chi connectivity index (χ0n) is 17.2. The summed E-state index contributed by atoms with van der Waals surface area (Å²) in [5, 5.41) is 0. The minimum atomic E-state index is 0.0000823. The van der Waals surface area contributed by atoms with Crippen molar-refractivity contribution < 1.29 is 14.0 Å². The van der Waals surface area contributed by atoms with Crippen molar-refractivity contribution in [1.29, 1.82) is 0 Å². The van der Waals surface area contributed by atoms with E-state index in [-0.39, 0.29) is 11.7 Å². The maximum atomic E-state index is 12.7. The van der Waals surface area contributed by atoms with E-state index in [0.717, 1.165) is 39.1 Å². The first-order valence-corrected chi connectivity index (χ1v) is 10.1. The topological polar surface area (TPSA) is 53.8 Å². The monoisotopic (exact) mass is 382 g/mol. The van der Waals surface area contributed by atoms with Crippen LogP contribution >= 0.6 is 0 Å². The lowest BCUT2D eigenvalue weighted by Gasteiger charge is -2.22. The molecule has 1 aromatic heterocycles. The van der Waals surface area contributed by atoms with Crippen molar-refractivity contribution in [3.8, 4) is 0 Å². The summed E-state index contributed by atoms with van der Waals surface area (Å²) in [5.74, 6) is 1.51. The molecule has 0 N–H and O–H groups in total. The number of furan rings is 1. The number of rotatable bonds is 6. The van der Waals surface area contributed by atoms with Crippen molar-refractivity contribution in [3.63, 3.8) is 0 Å². The Hall–Kier alpha value is -2.40. The standard InChI is InChI=1S/C23H30N2O3/c1-17-7-4-5-8-20(17)16-24-11-6-12-25(14-13-24)23(27)10-9-21-15-22(18(2)26)19(3)28-21/h4-5,7-8,15H,6,9-14,16H2,1-3H3. The summed E-state index contributed by atoms with van der Waals surface area (Å²) >= 11 is 0. The van der Waals surface area contributed by atoms with Gasteiger partial charge in [0.1, 0.15) is 11.5 Å². The molecule has 0 unspecified atom stereocenters. The summed E-state index contributed by atoms with van der Waals surface area (Å²) in [6.45, 7) is 9.89. The molecule has 2 heterocycles. The van der Waals surface area contributed by atoms with Crippen LogP contribution in [0.3, 0.4) is 0 Å². The molecule has 1 aliphatic heterocycles. The van der Waals surface area contributed by atoms with Crippen LogP contribution in [-0.2, 0) is 17.8 Å². The highest BCUT2D eigenvalue weighted by atomic mass is 16.3. The van der Waals surface area contributed by atoms with Crippen LogP contribution in [0.1, 0.15) is 52.8 Å². The van der Waals surface area contributed by atoms with Crippen LogP contribution in [0.15, 0.2) is 34.7 Å². The first-order chi connectivity index (χ1) is 13.4. The van der Waals surface area contributed by atoms with Gasteiger partial charge in [0.25, 0.3) is 0 Å². The molecule has 1 aromatic carbocycles. The summed E-state index contributed by atoms with van der Waals surface area (Å²) in [4.78, 5) is 28.6. The number of carbonyl (C=O) groups excluding carboxylic acids is 2. The Morgan fingerprint density at radius 1 is 1.07 bits per heavy atom. The van der Waals surface area contributed by atoms with E-state index in [9.17, 15) is 9.59 Å². The third kappa shape index (κ3) is 5.10. The number of nitrogens with zero attached hydrogens (tertiary/aromatic N) is 2. The van der Waals surface area contributed by atoms with Gasteiger partial charge in [0, 0.05) is 45.6 Å². The molecule has 2 aromatic rings. The Bertz CT molecular complexity index is 840. The molecule has 1 aliphatic rings. The molecule has 5 nitrogen and oxygen atoms in total. The fourth-order valence-corrected chi connectivity index (χ4v) is 3.81. The quantitative estimate of drug-likeness (QED) is 0.714. The van der Waals surface area contributed by atoms with Gasteiger partial charge < -0.3 is 9.32 Å². The van der Waals surface area contributed by atoms with Gasteiger partial charge in [-0.25, -0.2) is 0 Å². The Balaban J connectivity index is 1.51. The van der Waals surface area contributed by atoms with Crippen LogP contribution in [0.25, 0.3) is 0 Å². The van der Waals surface area contributed by atoms with Crippen LogP contribution in [0, 0.1) is 13.8 Å². The molecule has 1 amide bonds. The number of benzene rings is 1. The van der Waals surface area contributed by atoms with Gasteiger partial charge in [-0.2, -0.15) is 0 Å².